The van der Waals surface area contributed by atoms with Gasteiger partial charge in [0, 0.05) is 31.6 Å². The summed E-state index contributed by atoms with van der Waals surface area (Å²) in [7, 11) is 3.20. The topological polar surface area (TPSA) is 71.4 Å². The molecule has 1 aliphatic rings. The number of carbonyl (C=O) groups excluding carboxylic acids is 2. The van der Waals surface area contributed by atoms with Crippen molar-refractivity contribution in [3.8, 4) is 5.75 Å². The van der Waals surface area contributed by atoms with Crippen molar-refractivity contribution in [2.24, 2.45) is 11.0 Å². The Bertz CT molecular complexity index is 927. The third kappa shape index (κ3) is 5.32. The minimum Gasteiger partial charge on any atom is -0.496 e. The number of carbonyl (C=O) groups is 2. The molecule has 0 N–H and O–H groups in total. The van der Waals surface area contributed by atoms with Gasteiger partial charge in [0.1, 0.15) is 12.3 Å². The van der Waals surface area contributed by atoms with Crippen LogP contribution in [0.15, 0.2) is 46.9 Å². The molecule has 0 saturated carbocycles. The van der Waals surface area contributed by atoms with E-state index in [1.807, 2.05) is 55.6 Å². The molecule has 7 nitrogen and oxygen atoms in total. The summed E-state index contributed by atoms with van der Waals surface area (Å²) in [6.07, 6.45) is 0.586. The van der Waals surface area contributed by atoms with Crippen LogP contribution in [0.2, 0.25) is 0 Å². The van der Waals surface area contributed by atoms with E-state index < -0.39 is 0 Å². The molecule has 2 amide bonds. The van der Waals surface area contributed by atoms with E-state index in [4.69, 9.17) is 9.47 Å². The van der Waals surface area contributed by atoms with Crippen molar-refractivity contribution in [1.29, 1.82) is 0 Å². The highest BCUT2D eigenvalue weighted by atomic mass is 32.1. The molecule has 0 spiro atoms. The van der Waals surface area contributed by atoms with Crippen molar-refractivity contribution in [3.63, 3.8) is 0 Å². The smallest absolute Gasteiger partial charge is 0.262 e. The lowest BCUT2D eigenvalue weighted by Crippen LogP contribution is -2.44. The maximum atomic E-state index is 13.4. The van der Waals surface area contributed by atoms with Gasteiger partial charge in [-0.25, -0.2) is 5.01 Å². The molecule has 2 heterocycles. The Morgan fingerprint density at radius 1 is 1.23 bits per heavy atom. The number of hydrogen-bond acceptors (Lipinski definition) is 6. The number of para-hydroxylation sites is 1. The van der Waals surface area contributed by atoms with Gasteiger partial charge in [-0.1, -0.05) is 38.1 Å². The minimum atomic E-state index is -0.292. The van der Waals surface area contributed by atoms with Crippen LogP contribution in [0, 0.1) is 5.92 Å². The van der Waals surface area contributed by atoms with Gasteiger partial charge in [0.2, 0.25) is 5.91 Å². The lowest BCUT2D eigenvalue weighted by Gasteiger charge is -2.28. The van der Waals surface area contributed by atoms with E-state index in [-0.39, 0.29) is 30.3 Å². The van der Waals surface area contributed by atoms with Gasteiger partial charge in [-0.05, 0) is 17.5 Å². The van der Waals surface area contributed by atoms with Crippen molar-refractivity contribution in [2.75, 3.05) is 33.9 Å². The van der Waals surface area contributed by atoms with E-state index >= 15 is 0 Å². The Morgan fingerprint density at radius 2 is 2.00 bits per heavy atom. The van der Waals surface area contributed by atoms with E-state index in [9.17, 15) is 9.59 Å². The Hall–Kier alpha value is -2.71. The van der Waals surface area contributed by atoms with Crippen molar-refractivity contribution in [2.45, 2.75) is 26.3 Å². The summed E-state index contributed by atoms with van der Waals surface area (Å²) < 4.78 is 10.7. The van der Waals surface area contributed by atoms with Crippen molar-refractivity contribution in [3.05, 3.63) is 52.2 Å². The molecule has 0 radical (unpaired) electrons. The van der Waals surface area contributed by atoms with Crippen LogP contribution in [-0.4, -0.2) is 61.4 Å². The molecule has 0 bridgehead atoms. The van der Waals surface area contributed by atoms with Gasteiger partial charge in [-0.2, -0.15) is 5.10 Å². The normalized spacial score (nSPS) is 15.8. The zero-order valence-electron chi connectivity index (χ0n) is 18.4. The van der Waals surface area contributed by atoms with Gasteiger partial charge in [-0.3, -0.25) is 9.59 Å². The van der Waals surface area contributed by atoms with Crippen LogP contribution in [0.1, 0.15) is 36.8 Å². The Labute approximate surface area is 187 Å². The van der Waals surface area contributed by atoms with Crippen LogP contribution in [0.3, 0.4) is 0 Å². The van der Waals surface area contributed by atoms with Crippen LogP contribution in [0.25, 0.3) is 0 Å². The van der Waals surface area contributed by atoms with Crippen LogP contribution in [-0.2, 0) is 14.3 Å². The van der Waals surface area contributed by atoms with Gasteiger partial charge in [0.05, 0.1) is 30.3 Å². The lowest BCUT2D eigenvalue weighted by atomic mass is 10.00. The monoisotopic (exact) mass is 443 g/mol. The zero-order chi connectivity index (χ0) is 22.4. The van der Waals surface area contributed by atoms with Crippen LogP contribution in [0.4, 0.5) is 0 Å². The maximum Gasteiger partial charge on any atom is 0.262 e. The third-order valence-electron chi connectivity index (χ3n) is 5.17. The average molecular weight is 444 g/mol. The molecule has 31 heavy (non-hydrogen) atoms. The molecule has 1 aliphatic heterocycles. The average Bonchev–Trinajstić information content (AvgIpc) is 3.45. The number of benzene rings is 1. The number of hydrogen-bond donors (Lipinski definition) is 0. The number of thiophene rings is 1. The molecule has 0 unspecified atom stereocenters. The Morgan fingerprint density at radius 3 is 2.65 bits per heavy atom. The van der Waals surface area contributed by atoms with Crippen molar-refractivity contribution < 1.29 is 19.1 Å². The van der Waals surface area contributed by atoms with Crippen LogP contribution in [0.5, 0.6) is 5.75 Å². The van der Waals surface area contributed by atoms with E-state index in [0.717, 1.165) is 16.2 Å². The molecule has 8 heteroatoms. The van der Waals surface area contributed by atoms with Gasteiger partial charge in [0.25, 0.3) is 5.91 Å². The summed E-state index contributed by atoms with van der Waals surface area (Å²) >= 11 is 1.59. The first-order valence-corrected chi connectivity index (χ1v) is 11.2. The van der Waals surface area contributed by atoms with Crippen LogP contribution < -0.4 is 4.74 Å². The molecule has 2 aromatic rings. The summed E-state index contributed by atoms with van der Waals surface area (Å²) in [6, 6.07) is 11.4. The number of rotatable bonds is 9. The van der Waals surface area contributed by atoms with E-state index in [2.05, 4.69) is 5.10 Å². The van der Waals surface area contributed by atoms with Gasteiger partial charge in [-0.15, -0.1) is 11.3 Å². The fourth-order valence-corrected chi connectivity index (χ4v) is 4.31. The van der Waals surface area contributed by atoms with E-state index in [0.29, 0.717) is 25.3 Å². The standard InChI is InChI=1S/C23H29N3O4S/c1-16(2)23(28)25(11-12-29-3)15-22(27)26-19(17-8-5-6-9-20(17)30-4)14-18(24-26)21-10-7-13-31-21/h5-10,13,16,19H,11-12,14-15H2,1-4H3/t19-/m1/s1. The second kappa shape index (κ2) is 10.5. The SMILES string of the molecule is COCCN(CC(=O)N1N=C(c2cccs2)C[C@@H]1c1ccccc1OC)C(=O)C(C)C. The number of hydrazone groups is 1. The van der Waals surface area contributed by atoms with E-state index in [1.54, 1.807) is 30.5 Å². The molecule has 0 saturated heterocycles. The summed E-state index contributed by atoms with van der Waals surface area (Å²) in [5.41, 5.74) is 1.75. The molecule has 1 atom stereocenters. The predicted octanol–water partition coefficient (Wildman–Crippen LogP) is 3.57. The highest BCUT2D eigenvalue weighted by Gasteiger charge is 2.36. The number of methoxy groups -OCH3 is 2. The molecule has 0 aliphatic carbocycles. The molecule has 0 fully saturated rings. The van der Waals surface area contributed by atoms with E-state index in [1.165, 1.54) is 5.01 Å². The number of ether oxygens (including phenoxy) is 2. The summed E-state index contributed by atoms with van der Waals surface area (Å²) in [6.45, 7) is 4.33. The number of amides is 2. The molecule has 166 valence electrons. The molecule has 1 aromatic heterocycles. The summed E-state index contributed by atoms with van der Waals surface area (Å²) in [5.74, 6) is 0.189. The lowest BCUT2D eigenvalue weighted by molar-refractivity contribution is -0.143. The first-order chi connectivity index (χ1) is 15.0. The summed E-state index contributed by atoms with van der Waals surface area (Å²) in [5, 5.41) is 8.20. The Balaban J connectivity index is 1.90. The molecular formula is C23H29N3O4S. The zero-order valence-corrected chi connectivity index (χ0v) is 19.2. The second-order valence-electron chi connectivity index (χ2n) is 7.63. The fraction of sp³-hybridized carbons (Fsp3) is 0.435. The predicted molar refractivity (Wildman–Crippen MR) is 121 cm³/mol. The van der Waals surface area contributed by atoms with Gasteiger partial charge in [0.15, 0.2) is 0 Å². The second-order valence-corrected chi connectivity index (χ2v) is 8.58. The summed E-state index contributed by atoms with van der Waals surface area (Å²) in [4.78, 5) is 28.6. The Kier molecular flexibility index (Phi) is 7.81. The largest absolute Gasteiger partial charge is 0.496 e. The molecule has 3 rings (SSSR count). The minimum absolute atomic E-state index is 0.0484. The van der Waals surface area contributed by atoms with Crippen LogP contribution >= 0.6 is 11.3 Å². The first-order valence-electron chi connectivity index (χ1n) is 10.3. The molecule has 1 aromatic carbocycles. The fourth-order valence-electron chi connectivity index (χ4n) is 3.59. The van der Waals surface area contributed by atoms with Crippen molar-refractivity contribution in [1.82, 2.24) is 9.91 Å². The van der Waals surface area contributed by atoms with Gasteiger partial charge >= 0.3 is 0 Å². The van der Waals surface area contributed by atoms with Crippen molar-refractivity contribution >= 4 is 28.9 Å². The number of nitrogens with zero attached hydrogens (tertiary/aromatic N) is 3. The first kappa shape index (κ1) is 23.0. The quantitative estimate of drug-likeness (QED) is 0.594. The highest BCUT2D eigenvalue weighted by Crippen LogP contribution is 2.38. The van der Waals surface area contributed by atoms with Gasteiger partial charge < -0.3 is 14.4 Å². The maximum absolute atomic E-state index is 13.4. The third-order valence-corrected chi connectivity index (χ3v) is 6.09. The highest BCUT2D eigenvalue weighted by molar-refractivity contribution is 7.12. The molecular weight excluding hydrogens is 414 g/mol.